The molecule has 0 aromatic carbocycles. The maximum Gasteiger partial charge on any atom is 0.147 e. The second-order valence-corrected chi connectivity index (χ2v) is 11.1. The van der Waals surface area contributed by atoms with Gasteiger partial charge in [-0.15, -0.1) is 0 Å². The highest BCUT2D eigenvalue weighted by molar-refractivity contribution is 5.90. The molecule has 5 aliphatic rings. The molecule has 3 saturated heterocycles. The number of rotatable bonds is 7. The Morgan fingerprint density at radius 1 is 1.16 bits per heavy atom. The van der Waals surface area contributed by atoms with E-state index in [4.69, 9.17) is 9.47 Å². The average Bonchev–Trinajstić information content (AvgIpc) is 3.56. The molecule has 196 valence electrons. The fourth-order valence-electron chi connectivity index (χ4n) is 7.67. The van der Waals surface area contributed by atoms with Gasteiger partial charge in [-0.3, -0.25) is 19.6 Å². The minimum atomic E-state index is -0.786. The number of carbonyl (C=O) groups excluding carboxylic acids is 1. The van der Waals surface area contributed by atoms with Crippen LogP contribution in [-0.4, -0.2) is 87.9 Å². The van der Waals surface area contributed by atoms with E-state index in [2.05, 4.69) is 20.9 Å². The van der Waals surface area contributed by atoms with Crippen molar-refractivity contribution in [2.75, 3.05) is 26.8 Å². The molecule has 0 spiro atoms. The predicted octanol–water partition coefficient (Wildman–Crippen LogP) is 1.86. The number of hydrogen-bond acceptors (Lipinski definition) is 9. The maximum atomic E-state index is 13.0. The Hall–Kier alpha value is -2.77. The number of piperazine rings is 1. The number of Topliss-reactive ketones (excluding diaryl/α,β-unsaturated/α-hetero) is 1. The normalized spacial score (nSPS) is 32.6. The number of aliphatic hydroxyl groups excluding tert-OH is 2. The summed E-state index contributed by atoms with van der Waals surface area (Å²) in [6, 6.07) is 4.90. The van der Waals surface area contributed by atoms with Crippen LogP contribution in [0.3, 0.4) is 0 Å². The van der Waals surface area contributed by atoms with Crippen LogP contribution in [0.15, 0.2) is 35.2 Å². The molecule has 37 heavy (non-hydrogen) atoms. The van der Waals surface area contributed by atoms with Crippen LogP contribution in [0, 0.1) is 17.2 Å². The number of aliphatic hydroxyl groups is 2. The van der Waals surface area contributed by atoms with E-state index in [1.165, 1.54) is 13.3 Å². The first-order valence-corrected chi connectivity index (χ1v) is 13.3. The number of hydrogen-bond donors (Lipinski definition) is 2. The highest BCUT2D eigenvalue weighted by Gasteiger charge is 2.55. The molecular formula is C28H34N4O5. The lowest BCUT2D eigenvalue weighted by Gasteiger charge is -2.48. The highest BCUT2D eigenvalue weighted by atomic mass is 16.5. The summed E-state index contributed by atoms with van der Waals surface area (Å²) in [7, 11) is 1.51. The minimum absolute atomic E-state index is 0.0768. The highest BCUT2D eigenvalue weighted by Crippen LogP contribution is 2.47. The fraction of sp³-hybridized carbons (Fsp3) is 0.607. The van der Waals surface area contributed by atoms with Crippen molar-refractivity contribution in [2.24, 2.45) is 5.92 Å². The first-order chi connectivity index (χ1) is 17.9. The Morgan fingerprint density at radius 3 is 2.43 bits per heavy atom. The molecule has 6 unspecified atom stereocenters. The molecule has 0 radical (unpaired) electrons. The molecule has 1 aromatic rings. The monoisotopic (exact) mass is 506 g/mol. The molecule has 2 N–H and O–H groups in total. The van der Waals surface area contributed by atoms with Gasteiger partial charge in [-0.1, -0.05) is 5.57 Å². The van der Waals surface area contributed by atoms with Gasteiger partial charge in [0.05, 0.1) is 31.1 Å². The Labute approximate surface area is 217 Å². The summed E-state index contributed by atoms with van der Waals surface area (Å²) in [4.78, 5) is 22.2. The number of nitriles is 1. The van der Waals surface area contributed by atoms with Crippen molar-refractivity contribution in [3.63, 3.8) is 0 Å². The van der Waals surface area contributed by atoms with Gasteiger partial charge in [0.1, 0.15) is 35.9 Å². The first-order valence-electron chi connectivity index (χ1n) is 13.3. The molecule has 1 aromatic heterocycles. The third kappa shape index (κ3) is 3.98. The van der Waals surface area contributed by atoms with Gasteiger partial charge in [-0.25, -0.2) is 0 Å². The van der Waals surface area contributed by atoms with Gasteiger partial charge < -0.3 is 19.7 Å². The lowest BCUT2D eigenvalue weighted by Crippen LogP contribution is -2.62. The molecule has 1 aliphatic carbocycles. The molecule has 9 heteroatoms. The zero-order valence-corrected chi connectivity index (χ0v) is 21.3. The van der Waals surface area contributed by atoms with Crippen molar-refractivity contribution >= 4 is 5.78 Å². The van der Waals surface area contributed by atoms with Gasteiger partial charge in [0.25, 0.3) is 0 Å². The quantitative estimate of drug-likeness (QED) is 0.571. The lowest BCUT2D eigenvalue weighted by molar-refractivity contribution is -0.125. The van der Waals surface area contributed by atoms with E-state index in [1.807, 2.05) is 6.92 Å². The Bertz CT molecular complexity index is 1190. The summed E-state index contributed by atoms with van der Waals surface area (Å²) >= 11 is 0. The average molecular weight is 507 g/mol. The van der Waals surface area contributed by atoms with Crippen LogP contribution in [-0.2, 0) is 9.53 Å². The summed E-state index contributed by atoms with van der Waals surface area (Å²) in [6.07, 6.45) is 6.21. The standard InChI is InChI=1S/C28H34N4O5/c1-15-18-14-37-13-16(18)7-24(33)28(15)26(35)12-32-22-5-6-23(32)21-4-3-20(22)31(21)11-25(34)19-8-27(36-2)17(9-29)10-30-19/h8,10,13,20-23,25-26,28,34-35H,3-7,11-12,14H2,1-2H3/t20?,21?,22?,23?,25?,26-,28?/m0/s1. The maximum absolute atomic E-state index is 13.0. The number of ketones is 1. The summed E-state index contributed by atoms with van der Waals surface area (Å²) in [5.41, 5.74) is 3.85. The predicted molar refractivity (Wildman–Crippen MR) is 133 cm³/mol. The van der Waals surface area contributed by atoms with E-state index >= 15 is 0 Å². The number of methoxy groups -OCH3 is 1. The molecule has 7 atom stereocenters. The second-order valence-electron chi connectivity index (χ2n) is 11.1. The first kappa shape index (κ1) is 24.6. The fourth-order valence-corrected chi connectivity index (χ4v) is 7.67. The molecule has 3 fully saturated rings. The van der Waals surface area contributed by atoms with Crippen molar-refractivity contribution in [3.8, 4) is 11.8 Å². The lowest BCUT2D eigenvalue weighted by atomic mass is 9.77. The van der Waals surface area contributed by atoms with Crippen LogP contribution < -0.4 is 4.74 Å². The van der Waals surface area contributed by atoms with E-state index in [0.717, 1.165) is 42.4 Å². The van der Waals surface area contributed by atoms with Crippen molar-refractivity contribution in [1.29, 1.82) is 5.26 Å². The zero-order chi connectivity index (χ0) is 25.8. The molecular weight excluding hydrogens is 472 g/mol. The molecule has 4 bridgehead atoms. The number of fused-ring (bicyclic) bond motifs is 7. The van der Waals surface area contributed by atoms with E-state index in [9.17, 15) is 20.3 Å². The summed E-state index contributed by atoms with van der Waals surface area (Å²) in [6.45, 7) is 3.43. The van der Waals surface area contributed by atoms with Crippen LogP contribution in [0.25, 0.3) is 0 Å². The van der Waals surface area contributed by atoms with Crippen LogP contribution in [0.4, 0.5) is 0 Å². The smallest absolute Gasteiger partial charge is 0.147 e. The molecule has 9 nitrogen and oxygen atoms in total. The molecule has 0 amide bonds. The van der Waals surface area contributed by atoms with Gasteiger partial charge >= 0.3 is 0 Å². The van der Waals surface area contributed by atoms with E-state index in [1.54, 1.807) is 12.3 Å². The van der Waals surface area contributed by atoms with Crippen molar-refractivity contribution in [1.82, 2.24) is 14.8 Å². The summed E-state index contributed by atoms with van der Waals surface area (Å²) in [5, 5.41) is 31.6. The van der Waals surface area contributed by atoms with Crippen molar-refractivity contribution in [2.45, 2.75) is 75.4 Å². The summed E-state index contributed by atoms with van der Waals surface area (Å²) in [5.74, 6) is 0.0267. The van der Waals surface area contributed by atoms with Gasteiger partial charge in [0.15, 0.2) is 0 Å². The second kappa shape index (κ2) is 9.52. The SMILES string of the molecule is COc1cc(C(O)CN2C3CCC2C2CCC3N2C[C@H](O)C2C(=O)CC3=COCC3=C2C)ncc1C#N. The molecule has 6 rings (SSSR count). The van der Waals surface area contributed by atoms with E-state index in [0.29, 0.717) is 67.3 Å². The third-order valence-corrected chi connectivity index (χ3v) is 9.34. The number of carbonyl (C=O) groups is 1. The Kier molecular flexibility index (Phi) is 6.32. The third-order valence-electron chi connectivity index (χ3n) is 9.34. The van der Waals surface area contributed by atoms with E-state index < -0.39 is 18.1 Å². The van der Waals surface area contributed by atoms with Crippen LogP contribution in [0.2, 0.25) is 0 Å². The minimum Gasteiger partial charge on any atom is -0.496 e. The van der Waals surface area contributed by atoms with Crippen molar-refractivity contribution in [3.05, 3.63) is 46.5 Å². The zero-order valence-electron chi connectivity index (χ0n) is 21.3. The molecule has 0 saturated carbocycles. The number of ether oxygens (including phenoxy) is 2. The van der Waals surface area contributed by atoms with Crippen LogP contribution in [0.1, 0.15) is 56.4 Å². The summed E-state index contributed by atoms with van der Waals surface area (Å²) < 4.78 is 10.8. The Morgan fingerprint density at radius 2 is 1.81 bits per heavy atom. The Balaban J connectivity index is 1.17. The van der Waals surface area contributed by atoms with Gasteiger partial charge in [-0.05, 0) is 38.2 Å². The van der Waals surface area contributed by atoms with Gasteiger partial charge in [-0.2, -0.15) is 5.26 Å². The number of nitrogens with zero attached hydrogens (tertiary/aromatic N) is 4. The van der Waals surface area contributed by atoms with Gasteiger partial charge in [0, 0.05) is 61.5 Å². The number of aromatic nitrogens is 1. The van der Waals surface area contributed by atoms with E-state index in [-0.39, 0.29) is 5.78 Å². The topological polar surface area (TPSA) is 119 Å². The van der Waals surface area contributed by atoms with Crippen LogP contribution in [0.5, 0.6) is 5.75 Å². The van der Waals surface area contributed by atoms with Gasteiger partial charge in [0.2, 0.25) is 0 Å². The van der Waals surface area contributed by atoms with Crippen LogP contribution >= 0.6 is 0 Å². The molecule has 5 heterocycles. The number of pyridine rings is 1. The molecule has 4 aliphatic heterocycles. The largest absolute Gasteiger partial charge is 0.496 e. The van der Waals surface area contributed by atoms with Crippen molar-refractivity contribution < 1.29 is 24.5 Å².